The Morgan fingerprint density at radius 2 is 1.78 bits per heavy atom. The minimum Gasteiger partial charge on any atom is -0.497 e. The third-order valence-electron chi connectivity index (χ3n) is 3.61. The highest BCUT2D eigenvalue weighted by Gasteiger charge is 2.11. The smallest absolute Gasteiger partial charge is 0.193 e. The Morgan fingerprint density at radius 3 is 2.48 bits per heavy atom. The van der Waals surface area contributed by atoms with E-state index in [-0.39, 0.29) is 5.78 Å². The molecule has 0 atom stereocenters. The second kappa shape index (κ2) is 6.40. The van der Waals surface area contributed by atoms with Gasteiger partial charge in [-0.25, -0.2) is 9.97 Å². The summed E-state index contributed by atoms with van der Waals surface area (Å²) in [6, 6.07) is 12.6. The number of methoxy groups -OCH3 is 1. The Labute approximate surface area is 134 Å². The van der Waals surface area contributed by atoms with Gasteiger partial charge in [0.15, 0.2) is 5.78 Å². The van der Waals surface area contributed by atoms with Gasteiger partial charge in [0.2, 0.25) is 0 Å². The van der Waals surface area contributed by atoms with Crippen LogP contribution in [-0.2, 0) is 0 Å². The van der Waals surface area contributed by atoms with Crippen LogP contribution in [0.15, 0.2) is 54.9 Å². The summed E-state index contributed by atoms with van der Waals surface area (Å²) in [4.78, 5) is 21.1. The third-order valence-corrected chi connectivity index (χ3v) is 3.61. The number of ether oxygens (including phenoxy) is 1. The summed E-state index contributed by atoms with van der Waals surface area (Å²) in [5, 5.41) is 0.928. The molecule has 0 aliphatic heterocycles. The van der Waals surface area contributed by atoms with Crippen LogP contribution in [0, 0.1) is 0 Å². The standard InChI is InChI=1S/C19H16N2O2/c1-3-4-17-16-10-7-14(11-18(16)21-12-20-17)19(22)13-5-8-15(23-2)9-6-13/h3-12H,1-2H3/b4-3+. The van der Waals surface area contributed by atoms with Crippen molar-refractivity contribution in [3.63, 3.8) is 0 Å². The zero-order valence-electron chi connectivity index (χ0n) is 13.0. The molecule has 3 rings (SSSR count). The molecule has 0 amide bonds. The van der Waals surface area contributed by atoms with Crippen molar-refractivity contribution in [2.45, 2.75) is 6.92 Å². The molecule has 2 aromatic carbocycles. The molecule has 0 radical (unpaired) electrons. The van der Waals surface area contributed by atoms with E-state index in [0.717, 1.165) is 22.3 Å². The van der Waals surface area contributed by atoms with E-state index in [1.807, 2.05) is 31.2 Å². The summed E-state index contributed by atoms with van der Waals surface area (Å²) in [6.45, 7) is 1.94. The molecule has 4 heteroatoms. The van der Waals surface area contributed by atoms with Gasteiger partial charge < -0.3 is 4.74 Å². The average Bonchev–Trinajstić information content (AvgIpc) is 2.61. The number of carbonyl (C=O) groups excluding carboxylic acids is 1. The molecule has 1 aromatic heterocycles. The maximum atomic E-state index is 12.6. The summed E-state index contributed by atoms with van der Waals surface area (Å²) in [5.41, 5.74) is 2.83. The summed E-state index contributed by atoms with van der Waals surface area (Å²) >= 11 is 0. The van der Waals surface area contributed by atoms with Crippen molar-refractivity contribution in [1.29, 1.82) is 0 Å². The molecule has 0 N–H and O–H groups in total. The zero-order chi connectivity index (χ0) is 16.2. The van der Waals surface area contributed by atoms with Gasteiger partial charge in [-0.1, -0.05) is 12.1 Å². The first-order valence-corrected chi connectivity index (χ1v) is 7.29. The summed E-state index contributed by atoms with van der Waals surface area (Å²) in [5.74, 6) is 0.685. The molecule has 1 heterocycles. The maximum Gasteiger partial charge on any atom is 0.193 e. The fourth-order valence-electron chi connectivity index (χ4n) is 2.42. The van der Waals surface area contributed by atoms with Crippen molar-refractivity contribution in [2.24, 2.45) is 0 Å². The minimum absolute atomic E-state index is 0.0410. The SMILES string of the molecule is C/C=C/c1ncnc2cc(C(=O)c3ccc(OC)cc3)ccc12. The lowest BCUT2D eigenvalue weighted by molar-refractivity contribution is 0.103. The van der Waals surface area contributed by atoms with E-state index in [0.29, 0.717) is 11.1 Å². The number of fused-ring (bicyclic) bond motifs is 1. The molecule has 23 heavy (non-hydrogen) atoms. The Morgan fingerprint density at radius 1 is 1.04 bits per heavy atom. The molecule has 0 bridgehead atoms. The van der Waals surface area contributed by atoms with E-state index >= 15 is 0 Å². The van der Waals surface area contributed by atoms with E-state index in [9.17, 15) is 4.79 Å². The van der Waals surface area contributed by atoms with Crippen molar-refractivity contribution in [1.82, 2.24) is 9.97 Å². The Bertz CT molecular complexity index is 884. The first-order valence-electron chi connectivity index (χ1n) is 7.29. The topological polar surface area (TPSA) is 52.1 Å². The van der Waals surface area contributed by atoms with Crippen LogP contribution < -0.4 is 4.74 Å². The molecule has 0 aliphatic rings. The van der Waals surface area contributed by atoms with Crippen molar-refractivity contribution >= 4 is 22.8 Å². The van der Waals surface area contributed by atoms with Crippen molar-refractivity contribution in [2.75, 3.05) is 7.11 Å². The lowest BCUT2D eigenvalue weighted by Gasteiger charge is -2.05. The van der Waals surface area contributed by atoms with Gasteiger partial charge >= 0.3 is 0 Å². The number of allylic oxidation sites excluding steroid dienone is 1. The number of hydrogen-bond donors (Lipinski definition) is 0. The van der Waals surface area contributed by atoms with Crippen molar-refractivity contribution < 1.29 is 9.53 Å². The summed E-state index contributed by atoms with van der Waals surface area (Å²) in [6.07, 6.45) is 5.37. The molecule has 3 aromatic rings. The third kappa shape index (κ3) is 2.97. The largest absolute Gasteiger partial charge is 0.497 e. The number of carbonyl (C=O) groups is 1. The fourth-order valence-corrected chi connectivity index (χ4v) is 2.42. The number of benzene rings is 2. The van der Waals surface area contributed by atoms with Gasteiger partial charge in [-0.15, -0.1) is 0 Å². The predicted octanol–water partition coefficient (Wildman–Crippen LogP) is 3.90. The maximum absolute atomic E-state index is 12.6. The molecule has 0 fully saturated rings. The van der Waals surface area contributed by atoms with Crippen LogP contribution in [-0.4, -0.2) is 22.9 Å². The molecular formula is C19H16N2O2. The van der Waals surface area contributed by atoms with Gasteiger partial charge in [0.1, 0.15) is 12.1 Å². The van der Waals surface area contributed by atoms with Crippen LogP contribution >= 0.6 is 0 Å². The quantitative estimate of drug-likeness (QED) is 0.686. The van der Waals surface area contributed by atoms with Gasteiger partial charge in [-0.05, 0) is 49.4 Å². The normalized spacial score (nSPS) is 11.0. The van der Waals surface area contributed by atoms with Gasteiger partial charge in [-0.3, -0.25) is 4.79 Å². The fraction of sp³-hybridized carbons (Fsp3) is 0.105. The van der Waals surface area contributed by atoms with Crippen LogP contribution in [0.2, 0.25) is 0 Å². The number of nitrogens with zero attached hydrogens (tertiary/aromatic N) is 2. The monoisotopic (exact) mass is 304 g/mol. The Balaban J connectivity index is 2.01. The van der Waals surface area contributed by atoms with Crippen LogP contribution in [0.5, 0.6) is 5.75 Å². The number of aromatic nitrogens is 2. The molecule has 0 saturated carbocycles. The first kappa shape index (κ1) is 14.9. The van der Waals surface area contributed by atoms with Crippen LogP contribution in [0.3, 0.4) is 0 Å². The minimum atomic E-state index is -0.0410. The van der Waals surface area contributed by atoms with Crippen molar-refractivity contribution in [3.05, 3.63) is 71.7 Å². The lowest BCUT2D eigenvalue weighted by atomic mass is 10.0. The molecule has 0 aliphatic carbocycles. The summed E-state index contributed by atoms with van der Waals surface area (Å²) < 4.78 is 5.11. The lowest BCUT2D eigenvalue weighted by Crippen LogP contribution is -2.02. The number of ketones is 1. The molecule has 0 unspecified atom stereocenters. The van der Waals surface area contributed by atoms with Crippen LogP contribution in [0.25, 0.3) is 17.0 Å². The zero-order valence-corrected chi connectivity index (χ0v) is 13.0. The van der Waals surface area contributed by atoms with Gasteiger partial charge in [-0.2, -0.15) is 0 Å². The predicted molar refractivity (Wildman–Crippen MR) is 90.7 cm³/mol. The van der Waals surface area contributed by atoms with Gasteiger partial charge in [0.25, 0.3) is 0 Å². The second-order valence-electron chi connectivity index (χ2n) is 5.05. The number of hydrogen-bond acceptors (Lipinski definition) is 4. The second-order valence-corrected chi connectivity index (χ2v) is 5.05. The Hall–Kier alpha value is -3.01. The molecular weight excluding hydrogens is 288 g/mol. The van der Waals surface area contributed by atoms with Crippen molar-refractivity contribution in [3.8, 4) is 5.75 Å². The van der Waals surface area contributed by atoms with E-state index < -0.39 is 0 Å². The average molecular weight is 304 g/mol. The highest BCUT2D eigenvalue weighted by atomic mass is 16.5. The highest BCUT2D eigenvalue weighted by Crippen LogP contribution is 2.20. The number of rotatable bonds is 4. The van der Waals surface area contributed by atoms with E-state index in [1.165, 1.54) is 6.33 Å². The molecule has 0 spiro atoms. The summed E-state index contributed by atoms with van der Waals surface area (Å²) in [7, 11) is 1.60. The van der Waals surface area contributed by atoms with Crippen LogP contribution in [0.4, 0.5) is 0 Å². The van der Waals surface area contributed by atoms with E-state index in [2.05, 4.69) is 9.97 Å². The van der Waals surface area contributed by atoms with Gasteiger partial charge in [0.05, 0.1) is 18.3 Å². The molecule has 0 saturated heterocycles. The molecule has 114 valence electrons. The Kier molecular flexibility index (Phi) is 4.15. The van der Waals surface area contributed by atoms with Crippen LogP contribution in [0.1, 0.15) is 28.5 Å². The first-order chi connectivity index (χ1) is 11.2. The van der Waals surface area contributed by atoms with E-state index in [4.69, 9.17) is 4.74 Å². The van der Waals surface area contributed by atoms with Gasteiger partial charge in [0, 0.05) is 16.5 Å². The van der Waals surface area contributed by atoms with E-state index in [1.54, 1.807) is 37.4 Å². The highest BCUT2D eigenvalue weighted by molar-refractivity contribution is 6.10. The molecule has 4 nitrogen and oxygen atoms in total.